The van der Waals surface area contributed by atoms with Crippen LogP contribution in [0.5, 0.6) is 0 Å². The molecule has 0 atom stereocenters. The second kappa shape index (κ2) is 12.7. The van der Waals surface area contributed by atoms with E-state index in [2.05, 4.69) is 192 Å². The van der Waals surface area contributed by atoms with Crippen LogP contribution >= 0.6 is 0 Å². The lowest BCUT2D eigenvalue weighted by atomic mass is 9.96. The topological polar surface area (TPSA) is 7.76 Å². The van der Waals surface area contributed by atoms with Gasteiger partial charge in [-0.15, -0.1) is 0 Å². The van der Waals surface area contributed by atoms with Crippen LogP contribution in [-0.2, 0) is 13.1 Å². The Balaban J connectivity index is 1.16. The first-order valence-corrected chi connectivity index (χ1v) is 15.1. The lowest BCUT2D eigenvalue weighted by molar-refractivity contribution is -0.743. The largest absolute Gasteiger partial charge is 0.233 e. The van der Waals surface area contributed by atoms with Crippen molar-refractivity contribution in [2.75, 3.05) is 0 Å². The van der Waals surface area contributed by atoms with E-state index < -0.39 is 0 Å². The fraction of sp³-hybridized carbons (Fsp3) is 0.0476. The molecule has 0 radical (unpaired) electrons. The Morgan fingerprint density at radius 1 is 0.273 bits per heavy atom. The van der Waals surface area contributed by atoms with Crippen LogP contribution in [0.25, 0.3) is 44.5 Å². The summed E-state index contributed by atoms with van der Waals surface area (Å²) in [6.07, 6.45) is 8.71. The van der Waals surface area contributed by atoms with Crippen LogP contribution in [0.4, 0.5) is 0 Å². The number of rotatable bonds is 8. The molecule has 44 heavy (non-hydrogen) atoms. The van der Waals surface area contributed by atoms with Crippen LogP contribution in [0.2, 0.25) is 0 Å². The molecule has 2 heteroatoms. The van der Waals surface area contributed by atoms with Gasteiger partial charge in [0.2, 0.25) is 24.8 Å². The summed E-state index contributed by atoms with van der Waals surface area (Å²) in [4.78, 5) is 0. The van der Waals surface area contributed by atoms with Crippen LogP contribution in [0.1, 0.15) is 11.1 Å². The molecule has 7 aromatic rings. The Kier molecular flexibility index (Phi) is 7.88. The van der Waals surface area contributed by atoms with Gasteiger partial charge in [0.15, 0.2) is 13.1 Å². The van der Waals surface area contributed by atoms with E-state index in [4.69, 9.17) is 0 Å². The van der Waals surface area contributed by atoms with Crippen LogP contribution in [-0.4, -0.2) is 0 Å². The third-order valence-electron chi connectivity index (χ3n) is 8.04. The second-order valence-electron chi connectivity index (χ2n) is 11.2. The van der Waals surface area contributed by atoms with Gasteiger partial charge in [0, 0.05) is 11.1 Å². The molecule has 0 spiro atoms. The molecule has 0 fully saturated rings. The third kappa shape index (κ3) is 6.40. The molecule has 0 bridgehead atoms. The molecule has 0 saturated carbocycles. The van der Waals surface area contributed by atoms with E-state index in [1.807, 2.05) is 0 Å². The predicted octanol–water partition coefficient (Wildman–Crippen LogP) is 9.03. The Bertz CT molecular complexity index is 1700. The summed E-state index contributed by atoms with van der Waals surface area (Å²) in [6, 6.07) is 56.4. The zero-order valence-electron chi connectivity index (χ0n) is 24.6. The van der Waals surface area contributed by atoms with Crippen molar-refractivity contribution in [1.82, 2.24) is 0 Å². The SMILES string of the molecule is c1ccc(-c2cc(C[n+]3cc[n+](Cc4cc(-c5ccccc5)cc(-c5ccccc5)c4)cc3)cc(-c3ccccc3)c2)cc1. The van der Waals surface area contributed by atoms with Gasteiger partial charge in [0.25, 0.3) is 0 Å². The summed E-state index contributed by atoms with van der Waals surface area (Å²) >= 11 is 0. The second-order valence-corrected chi connectivity index (χ2v) is 11.2. The highest BCUT2D eigenvalue weighted by molar-refractivity contribution is 5.75. The molecule has 1 heterocycles. The first kappa shape index (κ1) is 27.2. The van der Waals surface area contributed by atoms with E-state index in [1.54, 1.807) is 0 Å². The van der Waals surface area contributed by atoms with Crippen molar-refractivity contribution >= 4 is 0 Å². The summed E-state index contributed by atoms with van der Waals surface area (Å²) < 4.78 is 4.51. The monoisotopic (exact) mass is 566 g/mol. The van der Waals surface area contributed by atoms with Gasteiger partial charge >= 0.3 is 0 Å². The van der Waals surface area contributed by atoms with E-state index in [0.717, 1.165) is 13.1 Å². The van der Waals surface area contributed by atoms with E-state index in [0.29, 0.717) is 0 Å². The molecule has 7 rings (SSSR count). The van der Waals surface area contributed by atoms with Gasteiger partial charge in [0.05, 0.1) is 0 Å². The third-order valence-corrected chi connectivity index (χ3v) is 8.04. The molecule has 210 valence electrons. The Labute approximate surface area is 259 Å². The fourth-order valence-electron chi connectivity index (χ4n) is 5.83. The molecule has 0 aliphatic rings. The van der Waals surface area contributed by atoms with Crippen molar-refractivity contribution < 1.29 is 9.13 Å². The molecule has 0 N–H and O–H groups in total. The van der Waals surface area contributed by atoms with Crippen LogP contribution in [0.3, 0.4) is 0 Å². The highest BCUT2D eigenvalue weighted by atomic mass is 15.0. The van der Waals surface area contributed by atoms with E-state index >= 15 is 0 Å². The van der Waals surface area contributed by atoms with Gasteiger partial charge < -0.3 is 0 Å². The molecule has 6 aromatic carbocycles. The number of hydrogen-bond donors (Lipinski definition) is 0. The lowest BCUT2D eigenvalue weighted by Crippen LogP contribution is -2.42. The van der Waals surface area contributed by atoms with Crippen molar-refractivity contribution in [3.05, 3.63) is 194 Å². The quantitative estimate of drug-likeness (QED) is 0.162. The first-order chi connectivity index (χ1) is 21.8. The lowest BCUT2D eigenvalue weighted by Gasteiger charge is -2.10. The zero-order chi connectivity index (χ0) is 29.6. The maximum atomic E-state index is 2.32. The van der Waals surface area contributed by atoms with Crippen molar-refractivity contribution in [3.63, 3.8) is 0 Å². The minimum atomic E-state index is 0.795. The maximum absolute atomic E-state index is 2.32. The molecule has 2 nitrogen and oxygen atoms in total. The predicted molar refractivity (Wildman–Crippen MR) is 180 cm³/mol. The summed E-state index contributed by atoms with van der Waals surface area (Å²) in [6.45, 7) is 1.59. The Hall–Kier alpha value is -5.60. The van der Waals surface area contributed by atoms with Gasteiger partial charge in [-0.05, 0) is 80.9 Å². The van der Waals surface area contributed by atoms with Crippen molar-refractivity contribution in [2.45, 2.75) is 13.1 Å². The molecule has 1 aromatic heterocycles. The molecule has 0 unspecified atom stereocenters. The van der Waals surface area contributed by atoms with Crippen molar-refractivity contribution in [1.29, 1.82) is 0 Å². The molecular formula is C42H34N2+2. The zero-order valence-corrected chi connectivity index (χ0v) is 24.6. The number of aromatic nitrogens is 2. The van der Waals surface area contributed by atoms with Crippen LogP contribution < -0.4 is 9.13 Å². The standard InChI is InChI=1S/C42H34N2/c1-5-13-35(14-6-1)39-25-33(26-40(29-39)36-15-7-2-8-16-36)31-43-21-23-44(24-22-43)32-34-27-41(37-17-9-3-10-18-37)30-42(28-34)38-19-11-4-12-20-38/h1-30H,31-32H2/q+2. The van der Waals surface area contributed by atoms with E-state index in [9.17, 15) is 0 Å². The summed E-state index contributed by atoms with van der Waals surface area (Å²) in [7, 11) is 0. The minimum absolute atomic E-state index is 0.795. The molecule has 0 amide bonds. The summed E-state index contributed by atoms with van der Waals surface area (Å²) in [5, 5.41) is 0. The Morgan fingerprint density at radius 3 is 0.773 bits per heavy atom. The maximum Gasteiger partial charge on any atom is 0.233 e. The van der Waals surface area contributed by atoms with Crippen LogP contribution in [0.15, 0.2) is 183 Å². The van der Waals surface area contributed by atoms with Gasteiger partial charge in [-0.1, -0.05) is 121 Å². The van der Waals surface area contributed by atoms with Gasteiger partial charge in [-0.3, -0.25) is 0 Å². The van der Waals surface area contributed by atoms with Crippen LogP contribution in [0, 0.1) is 0 Å². The van der Waals surface area contributed by atoms with Crippen molar-refractivity contribution in [3.8, 4) is 44.5 Å². The molecule has 0 saturated heterocycles. The molecular weight excluding hydrogens is 532 g/mol. The average Bonchev–Trinajstić information content (AvgIpc) is 3.10. The fourth-order valence-corrected chi connectivity index (χ4v) is 5.83. The Morgan fingerprint density at radius 2 is 0.523 bits per heavy atom. The molecule has 0 aliphatic heterocycles. The highest BCUT2D eigenvalue weighted by Crippen LogP contribution is 2.29. The van der Waals surface area contributed by atoms with E-state index in [-0.39, 0.29) is 0 Å². The normalized spacial score (nSPS) is 10.9. The van der Waals surface area contributed by atoms with Gasteiger partial charge in [-0.25, -0.2) is 0 Å². The number of hydrogen-bond acceptors (Lipinski definition) is 0. The smallest absolute Gasteiger partial charge is 0.190 e. The number of nitrogens with zero attached hydrogens (tertiary/aromatic N) is 2. The first-order valence-electron chi connectivity index (χ1n) is 15.1. The number of benzene rings is 6. The summed E-state index contributed by atoms with van der Waals surface area (Å²) in [5.41, 5.74) is 12.4. The van der Waals surface area contributed by atoms with E-state index in [1.165, 1.54) is 55.6 Å². The molecule has 0 aliphatic carbocycles. The average molecular weight is 567 g/mol. The summed E-state index contributed by atoms with van der Waals surface area (Å²) in [5.74, 6) is 0. The van der Waals surface area contributed by atoms with Crippen molar-refractivity contribution in [2.24, 2.45) is 0 Å². The highest BCUT2D eigenvalue weighted by Gasteiger charge is 2.13. The minimum Gasteiger partial charge on any atom is -0.190 e. The van der Waals surface area contributed by atoms with Gasteiger partial charge in [-0.2, -0.15) is 9.13 Å². The van der Waals surface area contributed by atoms with Gasteiger partial charge in [0.1, 0.15) is 0 Å².